The van der Waals surface area contributed by atoms with Crippen LogP contribution in [0.4, 0.5) is 16.0 Å². The van der Waals surface area contributed by atoms with Crippen LogP contribution in [-0.2, 0) is 14.6 Å². The molecule has 4 aromatic heterocycles. The van der Waals surface area contributed by atoms with Gasteiger partial charge in [0.1, 0.15) is 17.3 Å². The Labute approximate surface area is 246 Å². The number of piperazine rings is 1. The molecule has 1 aliphatic heterocycles. The van der Waals surface area contributed by atoms with Crippen molar-refractivity contribution in [2.45, 2.75) is 43.2 Å². The number of H-pyrrole nitrogens is 1. The highest BCUT2D eigenvalue weighted by molar-refractivity contribution is 7.90. The largest absolute Gasteiger partial charge is 0.384 e. The summed E-state index contributed by atoms with van der Waals surface area (Å²) in [4.78, 5) is 43.0. The lowest BCUT2D eigenvalue weighted by atomic mass is 9.79. The summed E-state index contributed by atoms with van der Waals surface area (Å²) in [5.74, 6) is -0.722. The van der Waals surface area contributed by atoms with Crippen LogP contribution in [0.5, 0.6) is 0 Å². The Kier molecular flexibility index (Phi) is 6.99. The van der Waals surface area contributed by atoms with E-state index in [0.717, 1.165) is 30.1 Å². The predicted molar refractivity (Wildman–Crippen MR) is 158 cm³/mol. The van der Waals surface area contributed by atoms with Crippen molar-refractivity contribution in [1.29, 1.82) is 0 Å². The van der Waals surface area contributed by atoms with Gasteiger partial charge < -0.3 is 15.5 Å². The SMILES string of the molecule is C=CC(=O)N1CCN(c2nc(=O)n(-c3c(C4CCC4)ccnc3S(C)(=O)=O)c3nc(-c4cn[nH]c4N)c(F)cc23)[C@@H](C)C1. The van der Waals surface area contributed by atoms with Crippen molar-refractivity contribution in [3.63, 3.8) is 0 Å². The molecule has 0 unspecified atom stereocenters. The summed E-state index contributed by atoms with van der Waals surface area (Å²) in [6.07, 6.45) is 7.57. The second-order valence-electron chi connectivity index (χ2n) is 10.9. The van der Waals surface area contributed by atoms with Gasteiger partial charge in [0.25, 0.3) is 0 Å². The van der Waals surface area contributed by atoms with Gasteiger partial charge in [0.2, 0.25) is 5.91 Å². The average molecular weight is 608 g/mol. The van der Waals surface area contributed by atoms with Gasteiger partial charge in [-0.25, -0.2) is 32.1 Å². The minimum absolute atomic E-state index is 0.0000559. The average Bonchev–Trinajstić information content (AvgIpc) is 3.36. The number of sulfone groups is 1. The number of nitrogen functional groups attached to an aromatic ring is 1. The third-order valence-corrected chi connectivity index (χ3v) is 9.15. The predicted octanol–water partition coefficient (Wildman–Crippen LogP) is 2.18. The minimum Gasteiger partial charge on any atom is -0.384 e. The number of aromatic nitrogens is 6. The molecular formula is C28H30FN9O4S. The highest BCUT2D eigenvalue weighted by atomic mass is 32.2. The van der Waals surface area contributed by atoms with Crippen LogP contribution in [0.25, 0.3) is 28.0 Å². The Bertz CT molecular complexity index is 1950. The third kappa shape index (κ3) is 4.82. The lowest BCUT2D eigenvalue weighted by Gasteiger charge is -2.40. The van der Waals surface area contributed by atoms with E-state index in [1.807, 2.05) is 11.8 Å². The number of anilines is 2. The first-order chi connectivity index (χ1) is 20.5. The number of amides is 1. The summed E-state index contributed by atoms with van der Waals surface area (Å²) in [7, 11) is -3.92. The first-order valence-corrected chi connectivity index (χ1v) is 15.7. The third-order valence-electron chi connectivity index (χ3n) is 8.15. The van der Waals surface area contributed by atoms with Gasteiger partial charge in [0, 0.05) is 38.1 Å². The van der Waals surface area contributed by atoms with Crippen molar-refractivity contribution in [1.82, 2.24) is 34.6 Å². The Hall–Kier alpha value is -4.66. The van der Waals surface area contributed by atoms with Crippen molar-refractivity contribution >= 4 is 38.4 Å². The van der Waals surface area contributed by atoms with Crippen LogP contribution < -0.4 is 16.3 Å². The second-order valence-corrected chi connectivity index (χ2v) is 12.9. The number of hydrogen-bond donors (Lipinski definition) is 2. The monoisotopic (exact) mass is 607 g/mol. The van der Waals surface area contributed by atoms with Crippen molar-refractivity contribution in [2.75, 3.05) is 36.5 Å². The maximum Gasteiger partial charge on any atom is 0.355 e. The summed E-state index contributed by atoms with van der Waals surface area (Å²) < 4.78 is 43.0. The lowest BCUT2D eigenvalue weighted by molar-refractivity contribution is -0.126. The molecule has 1 saturated heterocycles. The molecule has 0 spiro atoms. The summed E-state index contributed by atoms with van der Waals surface area (Å²) in [6.45, 7) is 6.37. The van der Waals surface area contributed by atoms with Gasteiger partial charge in [0.05, 0.1) is 22.8 Å². The summed E-state index contributed by atoms with van der Waals surface area (Å²) in [5, 5.41) is 6.32. The zero-order valence-corrected chi connectivity index (χ0v) is 24.4. The quantitative estimate of drug-likeness (QED) is 0.309. The lowest BCUT2D eigenvalue weighted by Crippen LogP contribution is -2.54. The highest BCUT2D eigenvalue weighted by Gasteiger charge is 2.33. The molecule has 43 heavy (non-hydrogen) atoms. The maximum atomic E-state index is 15.8. The number of hydrogen-bond acceptors (Lipinski definition) is 10. The van der Waals surface area contributed by atoms with E-state index in [2.05, 4.69) is 31.7 Å². The molecule has 0 radical (unpaired) electrons. The van der Waals surface area contributed by atoms with E-state index in [1.165, 1.54) is 24.5 Å². The number of halogens is 1. The van der Waals surface area contributed by atoms with E-state index in [-0.39, 0.29) is 62.5 Å². The molecule has 1 saturated carbocycles. The number of aromatic amines is 1. The van der Waals surface area contributed by atoms with Crippen molar-refractivity contribution < 1.29 is 17.6 Å². The van der Waals surface area contributed by atoms with Crippen LogP contribution >= 0.6 is 0 Å². The van der Waals surface area contributed by atoms with Crippen LogP contribution in [0.2, 0.25) is 0 Å². The first kappa shape index (κ1) is 28.5. The maximum absolute atomic E-state index is 15.8. The number of carbonyl (C=O) groups excluding carboxylic acids is 1. The molecule has 0 aromatic carbocycles. The molecule has 2 fully saturated rings. The molecule has 2 aliphatic rings. The number of pyridine rings is 2. The molecule has 1 amide bonds. The number of nitrogens with two attached hydrogens (primary N) is 1. The van der Waals surface area contributed by atoms with Crippen molar-refractivity contribution in [3.8, 4) is 16.9 Å². The number of nitrogens with one attached hydrogen (secondary N) is 1. The smallest absolute Gasteiger partial charge is 0.355 e. The molecule has 3 N–H and O–H groups in total. The molecule has 13 nitrogen and oxygen atoms in total. The van der Waals surface area contributed by atoms with Gasteiger partial charge in [0.15, 0.2) is 26.3 Å². The Morgan fingerprint density at radius 3 is 2.63 bits per heavy atom. The fourth-order valence-corrected chi connectivity index (χ4v) is 6.61. The van der Waals surface area contributed by atoms with Gasteiger partial charge in [-0.2, -0.15) is 10.1 Å². The van der Waals surface area contributed by atoms with Crippen molar-refractivity contribution in [3.05, 3.63) is 59.0 Å². The zero-order valence-electron chi connectivity index (χ0n) is 23.6. The summed E-state index contributed by atoms with van der Waals surface area (Å²) >= 11 is 0. The van der Waals surface area contributed by atoms with E-state index in [1.54, 1.807) is 11.0 Å². The Morgan fingerprint density at radius 1 is 1.26 bits per heavy atom. The van der Waals surface area contributed by atoms with Crippen LogP contribution in [0, 0.1) is 5.82 Å². The van der Waals surface area contributed by atoms with Gasteiger partial charge >= 0.3 is 5.69 Å². The second kappa shape index (κ2) is 10.6. The molecule has 224 valence electrons. The van der Waals surface area contributed by atoms with Crippen LogP contribution in [-0.4, -0.2) is 80.9 Å². The Morgan fingerprint density at radius 2 is 2.02 bits per heavy atom. The number of rotatable bonds is 6. The summed E-state index contributed by atoms with van der Waals surface area (Å²) in [6, 6.07) is 2.62. The normalized spacial score (nSPS) is 17.7. The van der Waals surface area contributed by atoms with Crippen LogP contribution in [0.3, 0.4) is 0 Å². The molecule has 0 bridgehead atoms. The van der Waals surface area contributed by atoms with Gasteiger partial charge in [-0.15, -0.1) is 0 Å². The van der Waals surface area contributed by atoms with E-state index in [9.17, 15) is 18.0 Å². The van der Waals surface area contributed by atoms with E-state index in [0.29, 0.717) is 25.2 Å². The van der Waals surface area contributed by atoms with E-state index < -0.39 is 21.3 Å². The fourth-order valence-electron chi connectivity index (χ4n) is 5.79. The minimum atomic E-state index is -3.92. The fraction of sp³-hybridized carbons (Fsp3) is 0.357. The van der Waals surface area contributed by atoms with Crippen LogP contribution in [0.1, 0.15) is 37.7 Å². The van der Waals surface area contributed by atoms with E-state index >= 15 is 4.39 Å². The van der Waals surface area contributed by atoms with Gasteiger partial charge in [-0.05, 0) is 49.5 Å². The number of carbonyl (C=O) groups is 1. The summed E-state index contributed by atoms with van der Waals surface area (Å²) in [5.41, 5.74) is 5.88. The Balaban J connectivity index is 1.66. The highest BCUT2D eigenvalue weighted by Crippen LogP contribution is 2.41. The molecule has 5 heterocycles. The number of fused-ring (bicyclic) bond motifs is 1. The van der Waals surface area contributed by atoms with Gasteiger partial charge in [-0.1, -0.05) is 13.0 Å². The zero-order chi connectivity index (χ0) is 30.6. The molecule has 15 heteroatoms. The molecule has 4 aromatic rings. The first-order valence-electron chi connectivity index (χ1n) is 13.8. The molecule has 1 aliphatic carbocycles. The van der Waals surface area contributed by atoms with Crippen molar-refractivity contribution in [2.24, 2.45) is 0 Å². The van der Waals surface area contributed by atoms with E-state index in [4.69, 9.17) is 5.73 Å². The standard InChI is InChI=1S/C28H30FN9O4S/c1-4-21(39)36-10-11-37(15(2)14-36)25-18-12-20(29)22(19-13-32-35-24(19)30)33-26(18)38(28(40)34-25)23-17(16-6-5-7-16)8-9-31-27(23)43(3,41)42/h4,8-9,12-13,15-16H,1,5-7,10-11,14H2,2-3H3,(H3,30,32,35)/t15-/m0/s1. The van der Waals surface area contributed by atoms with Crippen LogP contribution in [0.15, 0.2) is 47.0 Å². The topological polar surface area (TPSA) is 173 Å². The number of nitrogens with zero attached hydrogens (tertiary/aromatic N) is 7. The molecule has 1 atom stereocenters. The molecule has 6 rings (SSSR count). The molecular weight excluding hydrogens is 577 g/mol. The van der Waals surface area contributed by atoms with Gasteiger partial charge in [-0.3, -0.25) is 9.89 Å².